The van der Waals surface area contributed by atoms with Gasteiger partial charge in [-0.3, -0.25) is 4.79 Å². The van der Waals surface area contributed by atoms with Crippen LogP contribution in [-0.2, 0) is 4.79 Å². The Morgan fingerprint density at radius 1 is 1.21 bits per heavy atom. The molecule has 2 aromatic rings. The number of para-hydroxylation sites is 1. The maximum atomic E-state index is 11.5. The number of carbonyl (C=O) groups is 2. The first-order valence-electron chi connectivity index (χ1n) is 8.98. The van der Waals surface area contributed by atoms with Gasteiger partial charge in [0.1, 0.15) is 9.78 Å². The van der Waals surface area contributed by atoms with E-state index in [2.05, 4.69) is 22.0 Å². The molecule has 1 amide bonds. The molecule has 148 valence electrons. The smallest absolute Gasteiger partial charge is 1.00 e. The van der Waals surface area contributed by atoms with Gasteiger partial charge >= 0.3 is 24.8 Å². The van der Waals surface area contributed by atoms with E-state index in [1.807, 2.05) is 23.1 Å². The molecule has 3 N–H and O–H groups in total. The zero-order valence-corrected chi connectivity index (χ0v) is 17.7. The number of anilines is 2. The molecule has 29 heavy (non-hydrogen) atoms. The van der Waals surface area contributed by atoms with Gasteiger partial charge in [0.15, 0.2) is 5.13 Å². The summed E-state index contributed by atoms with van der Waals surface area (Å²) < 4.78 is 0. The minimum atomic E-state index is -0.939. The van der Waals surface area contributed by atoms with E-state index in [1.165, 1.54) is 35.0 Å². The van der Waals surface area contributed by atoms with Crippen molar-refractivity contribution < 1.29 is 35.0 Å². The standard InChI is InChI=1S/C19H20N4O3S2.Li.H/c20-16(24)14-10-21-19(28-14)23-11-15(18(25)26)27-17(23)12-6-8-22(9-7-12)13-4-2-1-3-5-13;;/h1-5,10-12,17H,6-9H2,(H2,20,24)(H,25,26);;/q;+1;-1. The van der Waals surface area contributed by atoms with Crippen molar-refractivity contribution in [1.29, 1.82) is 0 Å². The van der Waals surface area contributed by atoms with Crippen LogP contribution < -0.4 is 34.4 Å². The second kappa shape index (κ2) is 9.26. The number of amides is 1. The van der Waals surface area contributed by atoms with Crippen LogP contribution in [0.3, 0.4) is 0 Å². The number of carbonyl (C=O) groups excluding carboxylic acids is 1. The number of hydrogen-bond acceptors (Lipinski definition) is 7. The minimum Gasteiger partial charge on any atom is -1.00 e. The van der Waals surface area contributed by atoms with Crippen molar-refractivity contribution in [2.45, 2.75) is 18.2 Å². The van der Waals surface area contributed by atoms with E-state index in [0.29, 0.717) is 20.8 Å². The van der Waals surface area contributed by atoms with Gasteiger partial charge in [0.2, 0.25) is 0 Å². The summed E-state index contributed by atoms with van der Waals surface area (Å²) in [6, 6.07) is 10.3. The number of primary amides is 1. The number of nitrogens with zero attached hydrogens (tertiary/aromatic N) is 3. The van der Waals surface area contributed by atoms with Crippen LogP contribution in [0, 0.1) is 5.92 Å². The van der Waals surface area contributed by atoms with Gasteiger partial charge in [0, 0.05) is 25.0 Å². The minimum absolute atomic E-state index is 0. The topological polar surface area (TPSA) is 99.8 Å². The second-order valence-corrected chi connectivity index (χ2v) is 8.91. The zero-order chi connectivity index (χ0) is 19.7. The average molecular weight is 424 g/mol. The molecule has 0 spiro atoms. The summed E-state index contributed by atoms with van der Waals surface area (Å²) in [4.78, 5) is 32.2. The van der Waals surface area contributed by atoms with Crippen molar-refractivity contribution in [2.24, 2.45) is 11.7 Å². The Morgan fingerprint density at radius 2 is 1.90 bits per heavy atom. The van der Waals surface area contributed by atoms with Gasteiger partial charge < -0.3 is 22.1 Å². The number of hydrogen-bond donors (Lipinski definition) is 2. The number of benzene rings is 1. The average Bonchev–Trinajstić information content (AvgIpc) is 3.36. The fourth-order valence-corrected chi connectivity index (χ4v) is 5.71. The van der Waals surface area contributed by atoms with E-state index < -0.39 is 11.9 Å². The molecule has 0 radical (unpaired) electrons. The molecule has 1 aromatic carbocycles. The third-order valence-corrected chi connectivity index (χ3v) is 7.42. The molecule has 1 fully saturated rings. The number of aliphatic carboxylic acids is 1. The van der Waals surface area contributed by atoms with Crippen LogP contribution in [-0.4, -0.2) is 40.4 Å². The molecule has 0 aliphatic carbocycles. The van der Waals surface area contributed by atoms with Gasteiger partial charge in [0.05, 0.1) is 11.6 Å². The predicted octanol–water partition coefficient (Wildman–Crippen LogP) is 0.0804. The first-order valence-corrected chi connectivity index (χ1v) is 10.7. The number of nitrogens with two attached hydrogens (primary N) is 1. The van der Waals surface area contributed by atoms with Gasteiger partial charge in [-0.15, -0.1) is 0 Å². The molecule has 0 bridgehead atoms. The van der Waals surface area contributed by atoms with Crippen LogP contribution in [0.15, 0.2) is 47.6 Å². The van der Waals surface area contributed by atoms with Crippen molar-refractivity contribution in [3.63, 3.8) is 0 Å². The number of carboxylic acid groups (broad SMARTS) is 1. The van der Waals surface area contributed by atoms with E-state index in [1.54, 1.807) is 6.20 Å². The summed E-state index contributed by atoms with van der Waals surface area (Å²) in [5, 5.41) is 10.0. The maximum Gasteiger partial charge on any atom is 1.00 e. The van der Waals surface area contributed by atoms with Gasteiger partial charge in [-0.05, 0) is 30.9 Å². The van der Waals surface area contributed by atoms with Crippen LogP contribution in [0.5, 0.6) is 0 Å². The second-order valence-electron chi connectivity index (χ2n) is 6.75. The van der Waals surface area contributed by atoms with Crippen LogP contribution >= 0.6 is 23.1 Å². The fraction of sp³-hybridized carbons (Fsp3) is 0.316. The predicted molar refractivity (Wildman–Crippen MR) is 113 cm³/mol. The number of piperidine rings is 1. The summed E-state index contributed by atoms with van der Waals surface area (Å²) in [6.45, 7) is 1.85. The molecule has 10 heteroatoms. The molecule has 3 heterocycles. The zero-order valence-electron chi connectivity index (χ0n) is 17.0. The van der Waals surface area contributed by atoms with E-state index in [0.717, 1.165) is 25.9 Å². The number of rotatable bonds is 5. The first kappa shape index (κ1) is 21.8. The molecule has 1 atom stereocenters. The molecular weight excluding hydrogens is 403 g/mol. The van der Waals surface area contributed by atoms with Crippen molar-refractivity contribution in [3.8, 4) is 0 Å². The number of aromatic nitrogens is 1. The Morgan fingerprint density at radius 3 is 2.48 bits per heavy atom. The van der Waals surface area contributed by atoms with Gasteiger partial charge in [0.25, 0.3) is 5.91 Å². The van der Waals surface area contributed by atoms with Crippen LogP contribution in [0.1, 0.15) is 23.9 Å². The summed E-state index contributed by atoms with van der Waals surface area (Å²) in [6.07, 6.45) is 5.00. The van der Waals surface area contributed by atoms with Crippen molar-refractivity contribution in [3.05, 3.63) is 52.5 Å². The number of thioether (sulfide) groups is 1. The summed E-state index contributed by atoms with van der Waals surface area (Å²) in [5.41, 5.74) is 6.56. The number of thiazole rings is 1. The van der Waals surface area contributed by atoms with Crippen LogP contribution in [0.4, 0.5) is 10.8 Å². The molecule has 2 aliphatic heterocycles. The Kier molecular flexibility index (Phi) is 6.96. The van der Waals surface area contributed by atoms with E-state index in [9.17, 15) is 14.7 Å². The molecule has 1 unspecified atom stereocenters. The van der Waals surface area contributed by atoms with Gasteiger partial charge in [-0.1, -0.05) is 41.3 Å². The van der Waals surface area contributed by atoms with Crippen LogP contribution in [0.2, 0.25) is 0 Å². The number of carboxylic acids is 1. The maximum absolute atomic E-state index is 11.5. The van der Waals surface area contributed by atoms with E-state index in [4.69, 9.17) is 5.73 Å². The fourth-order valence-electron chi connectivity index (χ4n) is 3.59. The van der Waals surface area contributed by atoms with Gasteiger partial charge in [-0.25, -0.2) is 9.78 Å². The molecule has 2 aliphatic rings. The van der Waals surface area contributed by atoms with Gasteiger partial charge in [-0.2, -0.15) is 0 Å². The molecule has 0 saturated carbocycles. The molecular formula is C19H21LiN4O3S2. The Hall–Kier alpha value is -1.92. The van der Waals surface area contributed by atoms with Crippen molar-refractivity contribution >= 4 is 45.8 Å². The first-order chi connectivity index (χ1) is 13.5. The Labute approximate surface area is 190 Å². The molecule has 4 rings (SSSR count). The molecule has 1 aromatic heterocycles. The largest absolute Gasteiger partial charge is 1.00 e. The van der Waals surface area contributed by atoms with Crippen LogP contribution in [0.25, 0.3) is 0 Å². The Balaban J connectivity index is 0.00000160. The summed E-state index contributed by atoms with van der Waals surface area (Å²) in [5.74, 6) is -1.14. The van der Waals surface area contributed by atoms with E-state index in [-0.39, 0.29) is 25.7 Å². The SMILES string of the molecule is NC(=O)c1cnc(N2C=C(C(=O)O)SC2C2CCN(c3ccccc3)CC2)s1.[H-].[Li+]. The van der Waals surface area contributed by atoms with Crippen molar-refractivity contribution in [2.75, 3.05) is 22.9 Å². The molecule has 1 saturated heterocycles. The van der Waals surface area contributed by atoms with Crippen molar-refractivity contribution in [1.82, 2.24) is 4.98 Å². The Bertz CT molecular complexity index is 920. The third-order valence-electron chi connectivity index (χ3n) is 5.01. The third kappa shape index (κ3) is 4.64. The monoisotopic (exact) mass is 424 g/mol. The van der Waals surface area contributed by atoms with E-state index >= 15 is 0 Å². The summed E-state index contributed by atoms with van der Waals surface area (Å²) >= 11 is 2.56. The quantitative estimate of drug-likeness (QED) is 0.656. The summed E-state index contributed by atoms with van der Waals surface area (Å²) in [7, 11) is 0. The normalized spacial score (nSPS) is 19.6. The molecule has 7 nitrogen and oxygen atoms in total.